The van der Waals surface area contributed by atoms with Crippen molar-refractivity contribution in [1.29, 1.82) is 0 Å². The molecular formula is C44H72N6O8. The van der Waals surface area contributed by atoms with Crippen molar-refractivity contribution in [1.82, 2.24) is 30.7 Å². The first-order valence-electron chi connectivity index (χ1n) is 21.1. The average molecular weight is 813 g/mol. The Bertz CT molecular complexity index is 1550. The second-order valence-electron chi connectivity index (χ2n) is 17.4. The predicted octanol–water partition coefficient (Wildman–Crippen LogP) is 4.09. The lowest BCUT2D eigenvalue weighted by Crippen LogP contribution is -2.60. The van der Waals surface area contributed by atoms with Crippen molar-refractivity contribution >= 4 is 41.4 Å². The van der Waals surface area contributed by atoms with E-state index in [1.165, 1.54) is 49.7 Å². The molecule has 1 saturated heterocycles. The number of carbonyl (C=O) groups is 7. The quantitative estimate of drug-likeness (QED) is 0.265. The van der Waals surface area contributed by atoms with Gasteiger partial charge in [0.1, 0.15) is 36.3 Å². The van der Waals surface area contributed by atoms with E-state index in [2.05, 4.69) is 22.9 Å². The van der Waals surface area contributed by atoms with Gasteiger partial charge in [0, 0.05) is 27.6 Å². The van der Waals surface area contributed by atoms with Gasteiger partial charge < -0.3 is 35.4 Å². The smallest absolute Gasteiger partial charge is 0.329 e. The van der Waals surface area contributed by atoms with E-state index in [1.54, 1.807) is 13.8 Å². The van der Waals surface area contributed by atoms with Crippen LogP contribution in [-0.4, -0.2) is 120 Å². The number of unbranched alkanes of at least 4 members (excludes halogenated alkanes) is 1. The first-order chi connectivity index (χ1) is 27.1. The number of cyclic esters (lactones) is 1. The zero-order valence-corrected chi connectivity index (χ0v) is 37.3. The third-order valence-electron chi connectivity index (χ3n) is 11.0. The lowest BCUT2D eigenvalue weighted by atomic mass is 9.94. The topological polar surface area (TPSA) is 175 Å². The number of nitrogens with one attached hydrogen (secondary N) is 3. The summed E-state index contributed by atoms with van der Waals surface area (Å²) in [5.74, 6) is -4.74. The first-order valence-corrected chi connectivity index (χ1v) is 21.1. The van der Waals surface area contributed by atoms with E-state index < -0.39 is 89.7 Å². The molecule has 3 N–H and O–H groups in total. The molecule has 6 amide bonds. The first kappa shape index (κ1) is 49.7. The maximum Gasteiger partial charge on any atom is 0.329 e. The molecule has 2 rings (SSSR count). The number of carbonyl (C=O) groups excluding carboxylic acids is 7. The molecule has 14 heteroatoms. The van der Waals surface area contributed by atoms with Gasteiger partial charge in [0.2, 0.25) is 29.5 Å². The molecule has 0 radical (unpaired) electrons. The van der Waals surface area contributed by atoms with Gasteiger partial charge in [-0.3, -0.25) is 28.8 Å². The molecule has 0 spiro atoms. The summed E-state index contributed by atoms with van der Waals surface area (Å²) in [6.45, 7) is 18.1. The summed E-state index contributed by atoms with van der Waals surface area (Å²) in [4.78, 5) is 103. The summed E-state index contributed by atoms with van der Waals surface area (Å²) in [5, 5.41) is 8.61. The number of esters is 1. The molecule has 0 bridgehead atoms. The minimum atomic E-state index is -1.33. The van der Waals surface area contributed by atoms with Gasteiger partial charge in [-0.05, 0) is 62.3 Å². The van der Waals surface area contributed by atoms with Gasteiger partial charge >= 0.3 is 5.97 Å². The van der Waals surface area contributed by atoms with Crippen molar-refractivity contribution in [2.24, 2.45) is 23.7 Å². The Kier molecular flexibility index (Phi) is 19.9. The molecule has 1 aliphatic rings. The van der Waals surface area contributed by atoms with Crippen LogP contribution in [0.4, 0.5) is 0 Å². The Morgan fingerprint density at radius 1 is 0.638 bits per heavy atom. The molecule has 14 nitrogen and oxygen atoms in total. The van der Waals surface area contributed by atoms with Crippen molar-refractivity contribution in [3.8, 4) is 0 Å². The van der Waals surface area contributed by atoms with Crippen molar-refractivity contribution in [2.45, 2.75) is 157 Å². The molecule has 326 valence electrons. The number of hydrogen-bond donors (Lipinski definition) is 3. The van der Waals surface area contributed by atoms with Crippen molar-refractivity contribution < 1.29 is 38.3 Å². The zero-order chi connectivity index (χ0) is 44.0. The van der Waals surface area contributed by atoms with Crippen molar-refractivity contribution in [3.63, 3.8) is 0 Å². The maximum absolute atomic E-state index is 14.6. The third-order valence-corrected chi connectivity index (χ3v) is 11.0. The molecule has 1 aromatic carbocycles. The average Bonchev–Trinajstić information content (AvgIpc) is 3.17. The van der Waals surface area contributed by atoms with Crippen LogP contribution in [0.2, 0.25) is 0 Å². The summed E-state index contributed by atoms with van der Waals surface area (Å²) in [7, 11) is 4.46. The van der Waals surface area contributed by atoms with Crippen LogP contribution >= 0.6 is 0 Å². The number of ether oxygens (including phenoxy) is 1. The second kappa shape index (κ2) is 23.2. The highest BCUT2D eigenvalue weighted by molar-refractivity contribution is 5.97. The molecule has 1 aliphatic heterocycles. The molecule has 1 fully saturated rings. The fraction of sp³-hybridized carbons (Fsp3) is 0.705. The minimum absolute atomic E-state index is 0.0224. The highest BCUT2D eigenvalue weighted by Crippen LogP contribution is 2.21. The van der Waals surface area contributed by atoms with E-state index in [4.69, 9.17) is 4.74 Å². The van der Waals surface area contributed by atoms with E-state index in [0.717, 1.165) is 24.8 Å². The van der Waals surface area contributed by atoms with Crippen LogP contribution in [0.1, 0.15) is 113 Å². The fourth-order valence-corrected chi connectivity index (χ4v) is 7.13. The summed E-state index contributed by atoms with van der Waals surface area (Å²) < 4.78 is 5.55. The second-order valence-corrected chi connectivity index (χ2v) is 17.4. The fourth-order valence-electron chi connectivity index (χ4n) is 7.13. The molecular weight excluding hydrogens is 741 g/mol. The molecule has 0 unspecified atom stereocenters. The number of nitrogens with zero attached hydrogens (tertiary/aromatic N) is 3. The van der Waals surface area contributed by atoms with Crippen molar-refractivity contribution in [3.05, 3.63) is 35.9 Å². The van der Waals surface area contributed by atoms with Gasteiger partial charge in [-0.1, -0.05) is 105 Å². The molecule has 58 heavy (non-hydrogen) atoms. The van der Waals surface area contributed by atoms with Crippen LogP contribution in [-0.2, 0) is 44.7 Å². The molecule has 8 atom stereocenters. The summed E-state index contributed by atoms with van der Waals surface area (Å²) >= 11 is 0. The van der Waals surface area contributed by atoms with E-state index in [9.17, 15) is 33.6 Å². The van der Waals surface area contributed by atoms with E-state index >= 15 is 0 Å². The van der Waals surface area contributed by atoms with Gasteiger partial charge in [-0.15, -0.1) is 0 Å². The Morgan fingerprint density at radius 3 is 1.69 bits per heavy atom. The van der Waals surface area contributed by atoms with Crippen LogP contribution in [0.15, 0.2) is 30.3 Å². The Hall–Kier alpha value is -4.49. The highest BCUT2D eigenvalue weighted by atomic mass is 16.5. The van der Waals surface area contributed by atoms with E-state index in [1.807, 2.05) is 65.0 Å². The lowest BCUT2D eigenvalue weighted by molar-refractivity contribution is -0.162. The number of rotatable bonds is 12. The van der Waals surface area contributed by atoms with Gasteiger partial charge in [0.05, 0.1) is 0 Å². The minimum Gasteiger partial charge on any atom is -0.451 e. The monoisotopic (exact) mass is 813 g/mol. The summed E-state index contributed by atoms with van der Waals surface area (Å²) in [6, 6.07) is 2.77. The predicted molar refractivity (Wildman–Crippen MR) is 224 cm³/mol. The number of likely N-dealkylation sites (N-methyl/N-ethyl adjacent to an activating group) is 3. The normalized spacial score (nSPS) is 26.0. The molecule has 1 heterocycles. The number of amides is 6. The maximum atomic E-state index is 14.6. The van der Waals surface area contributed by atoms with Crippen LogP contribution in [0, 0.1) is 23.7 Å². The molecule has 0 aliphatic carbocycles. The number of benzene rings is 1. The van der Waals surface area contributed by atoms with Crippen molar-refractivity contribution in [2.75, 3.05) is 21.1 Å². The van der Waals surface area contributed by atoms with Crippen LogP contribution < -0.4 is 16.0 Å². The summed E-state index contributed by atoms with van der Waals surface area (Å²) in [6.07, 6.45) is 2.23. The highest BCUT2D eigenvalue weighted by Gasteiger charge is 2.40. The standard InChI is InChI=1S/C44H72N6O8/c1-14-15-19-29(8)24-34-41(54)48(11)30(9)44(57)58-31(10)38(51)47-37(28(6)7)43(56)50(13)35(23-27(4)5)39(52)45-33(22-26(2)3)42(55)49(12)36(40(53)46-34)25-32-20-17-16-18-21-32/h16-18,20-21,26-31,33-37H,14-15,19,22-25H2,1-13H3,(H,45,52)(H,46,53)(H,47,51)/t29-,30+,31-,33+,34+,35+,36+,37+/m1/s1. The zero-order valence-electron chi connectivity index (χ0n) is 37.3. The van der Waals surface area contributed by atoms with E-state index in [-0.39, 0.29) is 43.4 Å². The Labute approximate surface area is 346 Å². The Balaban J connectivity index is 2.81. The van der Waals surface area contributed by atoms with Crippen LogP contribution in [0.25, 0.3) is 0 Å². The molecule has 0 saturated carbocycles. The van der Waals surface area contributed by atoms with Crippen LogP contribution in [0.3, 0.4) is 0 Å². The molecule has 0 aromatic heterocycles. The SMILES string of the molecule is CCCC[C@@H](C)C[C@@H]1NC(=O)[C@H](Cc2ccccc2)N(C)C(=O)[C@H](CC(C)C)NC(=O)[C@H](CC(C)C)N(C)C(=O)[C@H](C(C)C)NC(=O)[C@@H](C)OC(=O)[C@H](C)N(C)C1=O. The van der Waals surface area contributed by atoms with Gasteiger partial charge in [0.25, 0.3) is 5.91 Å². The van der Waals surface area contributed by atoms with Gasteiger partial charge in [-0.2, -0.15) is 0 Å². The Morgan fingerprint density at radius 2 is 1.16 bits per heavy atom. The van der Waals surface area contributed by atoms with Gasteiger partial charge in [-0.25, -0.2) is 4.79 Å². The third kappa shape index (κ3) is 14.4. The van der Waals surface area contributed by atoms with Gasteiger partial charge in [0.15, 0.2) is 6.10 Å². The summed E-state index contributed by atoms with van der Waals surface area (Å²) in [5.41, 5.74) is 0.777. The number of hydrogen-bond acceptors (Lipinski definition) is 8. The lowest BCUT2D eigenvalue weighted by Gasteiger charge is -2.36. The van der Waals surface area contributed by atoms with E-state index in [0.29, 0.717) is 0 Å². The van der Waals surface area contributed by atoms with Crippen LogP contribution in [0.5, 0.6) is 0 Å². The largest absolute Gasteiger partial charge is 0.451 e. The molecule has 1 aromatic rings.